The molecule has 0 atom stereocenters. The van der Waals surface area contributed by atoms with Crippen molar-refractivity contribution in [2.75, 3.05) is 13.2 Å². The lowest BCUT2D eigenvalue weighted by molar-refractivity contribution is -0.274. The van der Waals surface area contributed by atoms with Gasteiger partial charge in [0.15, 0.2) is 0 Å². The van der Waals surface area contributed by atoms with Gasteiger partial charge in [-0.2, -0.15) is 0 Å². The van der Waals surface area contributed by atoms with E-state index in [1.807, 2.05) is 0 Å². The third-order valence-electron chi connectivity index (χ3n) is 2.27. The van der Waals surface area contributed by atoms with Crippen LogP contribution in [0.3, 0.4) is 0 Å². The van der Waals surface area contributed by atoms with E-state index in [0.29, 0.717) is 0 Å². The minimum absolute atomic E-state index is 0.0227. The number of carbonyl (C=O) groups is 2. The molecule has 0 bridgehead atoms. The fourth-order valence-electron chi connectivity index (χ4n) is 1.42. The van der Waals surface area contributed by atoms with Gasteiger partial charge in [-0.3, -0.25) is 9.59 Å². The standard InChI is InChI=1S/C13H14F3NO4/c1-2-20-11(18)7-8-17-12(19)9-3-5-10(6-4-9)21-13(14,15)16/h3-6H,2,7-8H2,1H3,(H,17,19). The molecule has 0 aromatic heterocycles. The van der Waals surface area contributed by atoms with Crippen molar-refractivity contribution < 1.29 is 32.2 Å². The predicted molar refractivity (Wildman–Crippen MR) is 66.7 cm³/mol. The van der Waals surface area contributed by atoms with Crippen LogP contribution >= 0.6 is 0 Å². The second-order valence-corrected chi connectivity index (χ2v) is 3.88. The van der Waals surface area contributed by atoms with E-state index in [1.54, 1.807) is 6.92 Å². The average molecular weight is 305 g/mol. The third kappa shape index (κ3) is 6.64. The molecule has 1 aromatic rings. The maximum Gasteiger partial charge on any atom is 0.573 e. The molecule has 8 heteroatoms. The molecule has 0 heterocycles. The summed E-state index contributed by atoms with van der Waals surface area (Å²) in [4.78, 5) is 22.7. The number of hydrogen-bond donors (Lipinski definition) is 1. The first-order valence-corrected chi connectivity index (χ1v) is 6.11. The first-order valence-electron chi connectivity index (χ1n) is 6.11. The maximum atomic E-state index is 12.0. The molecule has 1 amide bonds. The summed E-state index contributed by atoms with van der Waals surface area (Å²) in [5, 5.41) is 2.45. The number of carbonyl (C=O) groups excluding carboxylic acids is 2. The van der Waals surface area contributed by atoms with Crippen molar-refractivity contribution in [1.29, 1.82) is 0 Å². The molecule has 0 unspecified atom stereocenters. The molecule has 0 aliphatic carbocycles. The highest BCUT2D eigenvalue weighted by Crippen LogP contribution is 2.22. The molecule has 1 aromatic carbocycles. The van der Waals surface area contributed by atoms with E-state index >= 15 is 0 Å². The van der Waals surface area contributed by atoms with Crippen molar-refractivity contribution in [2.24, 2.45) is 0 Å². The summed E-state index contributed by atoms with van der Waals surface area (Å²) in [6.07, 6.45) is -4.75. The van der Waals surface area contributed by atoms with Crippen LogP contribution in [0.5, 0.6) is 5.75 Å². The van der Waals surface area contributed by atoms with Gasteiger partial charge in [0.1, 0.15) is 5.75 Å². The Morgan fingerprint density at radius 3 is 2.33 bits per heavy atom. The fourth-order valence-corrected chi connectivity index (χ4v) is 1.42. The summed E-state index contributed by atoms with van der Waals surface area (Å²) in [5.41, 5.74) is 0.161. The van der Waals surface area contributed by atoms with Gasteiger partial charge in [-0.1, -0.05) is 0 Å². The molecule has 0 aliphatic rings. The Balaban J connectivity index is 2.46. The van der Waals surface area contributed by atoms with Crippen molar-refractivity contribution in [2.45, 2.75) is 19.7 Å². The van der Waals surface area contributed by atoms with E-state index in [2.05, 4.69) is 14.8 Å². The monoisotopic (exact) mass is 305 g/mol. The highest BCUT2D eigenvalue weighted by atomic mass is 19.4. The Kier molecular flexibility index (Phi) is 6.01. The molecule has 116 valence electrons. The van der Waals surface area contributed by atoms with Crippen LogP contribution in [-0.2, 0) is 9.53 Å². The number of alkyl halides is 3. The molecule has 0 aliphatic heterocycles. The van der Waals surface area contributed by atoms with Gasteiger partial charge in [0.05, 0.1) is 13.0 Å². The van der Waals surface area contributed by atoms with E-state index in [0.717, 1.165) is 12.1 Å². The highest BCUT2D eigenvalue weighted by Gasteiger charge is 2.31. The van der Waals surface area contributed by atoms with Crippen molar-refractivity contribution in [3.05, 3.63) is 29.8 Å². The second-order valence-electron chi connectivity index (χ2n) is 3.88. The van der Waals surface area contributed by atoms with Crippen LogP contribution in [0.25, 0.3) is 0 Å². The van der Waals surface area contributed by atoms with Crippen LogP contribution in [0.1, 0.15) is 23.7 Å². The van der Waals surface area contributed by atoms with E-state index in [1.165, 1.54) is 12.1 Å². The van der Waals surface area contributed by atoms with Crippen LogP contribution in [0.15, 0.2) is 24.3 Å². The first kappa shape index (κ1) is 16.8. The summed E-state index contributed by atoms with van der Waals surface area (Å²) in [5.74, 6) is -1.35. The number of halogens is 3. The van der Waals surface area contributed by atoms with Gasteiger partial charge < -0.3 is 14.8 Å². The van der Waals surface area contributed by atoms with Gasteiger partial charge in [0, 0.05) is 12.1 Å². The summed E-state index contributed by atoms with van der Waals surface area (Å²) < 4.78 is 44.2. The van der Waals surface area contributed by atoms with E-state index < -0.39 is 24.0 Å². The van der Waals surface area contributed by atoms with Gasteiger partial charge in [-0.05, 0) is 31.2 Å². The van der Waals surface area contributed by atoms with Crippen LogP contribution in [0, 0.1) is 0 Å². The zero-order chi connectivity index (χ0) is 15.9. The maximum absolute atomic E-state index is 12.0. The zero-order valence-corrected chi connectivity index (χ0v) is 11.2. The smallest absolute Gasteiger partial charge is 0.466 e. The normalized spacial score (nSPS) is 10.9. The molecule has 0 radical (unpaired) electrons. The number of benzene rings is 1. The molecule has 0 saturated heterocycles. The molecule has 0 saturated carbocycles. The van der Waals surface area contributed by atoms with Gasteiger partial charge in [-0.15, -0.1) is 13.2 Å². The summed E-state index contributed by atoms with van der Waals surface area (Å²) in [6.45, 7) is 2.01. The van der Waals surface area contributed by atoms with Crippen LogP contribution in [0.4, 0.5) is 13.2 Å². The lowest BCUT2D eigenvalue weighted by Crippen LogP contribution is -2.26. The van der Waals surface area contributed by atoms with Crippen molar-refractivity contribution >= 4 is 11.9 Å². The topological polar surface area (TPSA) is 64.6 Å². The Morgan fingerprint density at radius 2 is 1.81 bits per heavy atom. The minimum Gasteiger partial charge on any atom is -0.466 e. The zero-order valence-electron chi connectivity index (χ0n) is 11.2. The molecule has 1 N–H and O–H groups in total. The van der Waals surface area contributed by atoms with Crippen molar-refractivity contribution in [1.82, 2.24) is 5.32 Å². The number of amides is 1. The SMILES string of the molecule is CCOC(=O)CCNC(=O)c1ccc(OC(F)(F)F)cc1. The third-order valence-corrected chi connectivity index (χ3v) is 2.27. The summed E-state index contributed by atoms with van der Waals surface area (Å²) in [6, 6.07) is 4.46. The number of ether oxygens (including phenoxy) is 2. The van der Waals surface area contributed by atoms with Crippen LogP contribution < -0.4 is 10.1 Å². The quantitative estimate of drug-likeness (QED) is 0.819. The summed E-state index contributed by atoms with van der Waals surface area (Å²) in [7, 11) is 0. The molecule has 5 nitrogen and oxygen atoms in total. The van der Waals surface area contributed by atoms with Crippen molar-refractivity contribution in [3.8, 4) is 5.75 Å². The van der Waals surface area contributed by atoms with Crippen LogP contribution in [0.2, 0.25) is 0 Å². The number of esters is 1. The Hall–Kier alpha value is -2.25. The van der Waals surface area contributed by atoms with Crippen LogP contribution in [-0.4, -0.2) is 31.4 Å². The summed E-state index contributed by atoms with van der Waals surface area (Å²) >= 11 is 0. The number of nitrogens with one attached hydrogen (secondary N) is 1. The molecule has 0 spiro atoms. The Morgan fingerprint density at radius 1 is 1.19 bits per heavy atom. The first-order chi connectivity index (χ1) is 9.81. The largest absolute Gasteiger partial charge is 0.573 e. The van der Waals surface area contributed by atoms with E-state index in [9.17, 15) is 22.8 Å². The number of hydrogen-bond acceptors (Lipinski definition) is 4. The Bertz CT molecular complexity index is 485. The lowest BCUT2D eigenvalue weighted by atomic mass is 10.2. The molecule has 0 fully saturated rings. The van der Waals surface area contributed by atoms with Gasteiger partial charge in [-0.25, -0.2) is 0 Å². The number of rotatable bonds is 6. The molecule has 21 heavy (non-hydrogen) atoms. The van der Waals surface area contributed by atoms with E-state index in [4.69, 9.17) is 0 Å². The predicted octanol–water partition coefficient (Wildman–Crippen LogP) is 2.27. The highest BCUT2D eigenvalue weighted by molar-refractivity contribution is 5.94. The van der Waals surface area contributed by atoms with Crippen molar-refractivity contribution in [3.63, 3.8) is 0 Å². The average Bonchev–Trinajstić information content (AvgIpc) is 2.38. The molecular weight excluding hydrogens is 291 g/mol. The molecule has 1 rings (SSSR count). The molecular formula is C13H14F3NO4. The Labute approximate surface area is 119 Å². The minimum atomic E-state index is -4.77. The van der Waals surface area contributed by atoms with Gasteiger partial charge in [0.2, 0.25) is 0 Å². The second kappa shape index (κ2) is 7.51. The fraction of sp³-hybridized carbons (Fsp3) is 0.385. The lowest BCUT2D eigenvalue weighted by Gasteiger charge is -2.09. The van der Waals surface area contributed by atoms with Gasteiger partial charge in [0.25, 0.3) is 5.91 Å². The van der Waals surface area contributed by atoms with E-state index in [-0.39, 0.29) is 25.1 Å². The van der Waals surface area contributed by atoms with Gasteiger partial charge >= 0.3 is 12.3 Å².